The number of nitrogens with zero attached hydrogens (tertiary/aromatic N) is 4. The lowest BCUT2D eigenvalue weighted by molar-refractivity contribution is 0.0601. The molecule has 0 bridgehead atoms. The van der Waals surface area contributed by atoms with E-state index in [1.165, 1.54) is 44.9 Å². The molecule has 2 atom stereocenters. The third-order valence-corrected chi connectivity index (χ3v) is 4.66. The maximum absolute atomic E-state index is 4.65. The van der Waals surface area contributed by atoms with Crippen LogP contribution in [0.2, 0.25) is 0 Å². The highest BCUT2D eigenvalue weighted by molar-refractivity contribution is 5.81. The normalized spacial score (nSPS) is 34.8. The minimum atomic E-state index is 0.826. The van der Waals surface area contributed by atoms with E-state index in [0.717, 1.165) is 25.0 Å². The molecule has 2 fully saturated rings. The highest BCUT2D eigenvalue weighted by atomic mass is 15.4. The standard InChI is InChI=1S/C13H24N4/c1-15-7-3-4-11-10-17(8-5-12(11)15)13-14-6-9-16(13)2/h11-12H,3-10H2,1-2H3. The van der Waals surface area contributed by atoms with Gasteiger partial charge in [-0.25, -0.2) is 0 Å². The van der Waals surface area contributed by atoms with Crippen LogP contribution in [0.5, 0.6) is 0 Å². The van der Waals surface area contributed by atoms with Crippen molar-refractivity contribution in [2.45, 2.75) is 25.3 Å². The number of guanidine groups is 1. The van der Waals surface area contributed by atoms with Crippen molar-refractivity contribution in [3.05, 3.63) is 0 Å². The molecule has 0 radical (unpaired) electrons. The van der Waals surface area contributed by atoms with E-state index in [4.69, 9.17) is 0 Å². The van der Waals surface area contributed by atoms with Crippen molar-refractivity contribution in [1.29, 1.82) is 0 Å². The van der Waals surface area contributed by atoms with E-state index < -0.39 is 0 Å². The Balaban J connectivity index is 1.67. The number of likely N-dealkylation sites (tertiary alicyclic amines) is 2. The fourth-order valence-corrected chi connectivity index (χ4v) is 3.70. The van der Waals surface area contributed by atoms with Gasteiger partial charge in [0, 0.05) is 32.7 Å². The second kappa shape index (κ2) is 4.48. The largest absolute Gasteiger partial charge is 0.344 e. The first kappa shape index (κ1) is 11.3. The Hall–Kier alpha value is -0.770. The lowest BCUT2D eigenvalue weighted by Crippen LogP contribution is -2.55. The van der Waals surface area contributed by atoms with Crippen molar-refractivity contribution in [3.63, 3.8) is 0 Å². The van der Waals surface area contributed by atoms with E-state index in [1.807, 2.05) is 0 Å². The van der Waals surface area contributed by atoms with Crippen LogP contribution in [-0.4, -0.2) is 73.5 Å². The van der Waals surface area contributed by atoms with Gasteiger partial charge in [-0.05, 0) is 38.8 Å². The zero-order chi connectivity index (χ0) is 11.8. The highest BCUT2D eigenvalue weighted by Crippen LogP contribution is 2.30. The Bertz CT molecular complexity index is 315. The lowest BCUT2D eigenvalue weighted by Gasteiger charge is -2.47. The molecule has 2 saturated heterocycles. The highest BCUT2D eigenvalue weighted by Gasteiger charge is 2.36. The van der Waals surface area contributed by atoms with E-state index in [9.17, 15) is 0 Å². The van der Waals surface area contributed by atoms with Crippen molar-refractivity contribution in [1.82, 2.24) is 14.7 Å². The van der Waals surface area contributed by atoms with Gasteiger partial charge in [-0.3, -0.25) is 4.99 Å². The van der Waals surface area contributed by atoms with Crippen LogP contribution in [0.15, 0.2) is 4.99 Å². The molecule has 0 saturated carbocycles. The van der Waals surface area contributed by atoms with Crippen molar-refractivity contribution in [2.24, 2.45) is 10.9 Å². The first-order valence-electron chi connectivity index (χ1n) is 6.96. The van der Waals surface area contributed by atoms with Gasteiger partial charge in [0.05, 0.1) is 6.54 Å². The van der Waals surface area contributed by atoms with E-state index in [0.29, 0.717) is 0 Å². The van der Waals surface area contributed by atoms with Crippen LogP contribution < -0.4 is 0 Å². The monoisotopic (exact) mass is 236 g/mol. The summed E-state index contributed by atoms with van der Waals surface area (Å²) in [6.07, 6.45) is 4.09. The molecule has 4 nitrogen and oxygen atoms in total. The molecule has 3 aliphatic heterocycles. The zero-order valence-electron chi connectivity index (χ0n) is 11.1. The molecule has 17 heavy (non-hydrogen) atoms. The number of fused-ring (bicyclic) bond motifs is 1. The quantitative estimate of drug-likeness (QED) is 0.618. The molecule has 0 spiro atoms. The summed E-state index contributed by atoms with van der Waals surface area (Å²) in [6, 6.07) is 0.826. The summed E-state index contributed by atoms with van der Waals surface area (Å²) in [5.41, 5.74) is 0. The predicted octanol–water partition coefficient (Wildman–Crippen LogP) is 0.704. The molecular formula is C13H24N4. The van der Waals surface area contributed by atoms with Crippen LogP contribution in [0.25, 0.3) is 0 Å². The number of likely N-dealkylation sites (N-methyl/N-ethyl adjacent to an activating group) is 1. The smallest absolute Gasteiger partial charge is 0.196 e. The van der Waals surface area contributed by atoms with Gasteiger partial charge in [-0.2, -0.15) is 0 Å². The van der Waals surface area contributed by atoms with Gasteiger partial charge in [0.2, 0.25) is 0 Å². The van der Waals surface area contributed by atoms with Crippen LogP contribution >= 0.6 is 0 Å². The maximum Gasteiger partial charge on any atom is 0.196 e. The molecule has 0 amide bonds. The van der Waals surface area contributed by atoms with E-state index >= 15 is 0 Å². The minimum Gasteiger partial charge on any atom is -0.344 e. The van der Waals surface area contributed by atoms with Crippen LogP contribution in [0.1, 0.15) is 19.3 Å². The average Bonchev–Trinajstić information content (AvgIpc) is 2.75. The molecule has 0 aromatic carbocycles. The Morgan fingerprint density at radius 2 is 2.00 bits per heavy atom. The SMILES string of the molecule is CN1CCN=C1N1CCC2C(CCCN2C)C1. The fourth-order valence-electron chi connectivity index (χ4n) is 3.70. The molecule has 0 aliphatic carbocycles. The first-order valence-corrected chi connectivity index (χ1v) is 6.96. The number of hydrogen-bond donors (Lipinski definition) is 0. The molecule has 0 aromatic heterocycles. The Morgan fingerprint density at radius 3 is 2.76 bits per heavy atom. The summed E-state index contributed by atoms with van der Waals surface area (Å²) in [7, 11) is 4.47. The minimum absolute atomic E-state index is 0.826. The molecular weight excluding hydrogens is 212 g/mol. The Morgan fingerprint density at radius 1 is 1.12 bits per heavy atom. The van der Waals surface area contributed by atoms with Crippen LogP contribution in [-0.2, 0) is 0 Å². The molecule has 96 valence electrons. The van der Waals surface area contributed by atoms with Crippen molar-refractivity contribution in [3.8, 4) is 0 Å². The topological polar surface area (TPSA) is 22.1 Å². The molecule has 3 heterocycles. The van der Waals surface area contributed by atoms with Crippen molar-refractivity contribution in [2.75, 3.05) is 46.8 Å². The van der Waals surface area contributed by atoms with Gasteiger partial charge in [0.1, 0.15) is 0 Å². The van der Waals surface area contributed by atoms with Gasteiger partial charge >= 0.3 is 0 Å². The van der Waals surface area contributed by atoms with Crippen LogP contribution in [0, 0.1) is 5.92 Å². The third-order valence-electron chi connectivity index (χ3n) is 4.66. The fraction of sp³-hybridized carbons (Fsp3) is 0.923. The molecule has 4 heteroatoms. The molecule has 3 rings (SSSR count). The molecule has 2 unspecified atom stereocenters. The van der Waals surface area contributed by atoms with Crippen LogP contribution in [0.3, 0.4) is 0 Å². The predicted molar refractivity (Wildman–Crippen MR) is 70.3 cm³/mol. The van der Waals surface area contributed by atoms with Crippen molar-refractivity contribution < 1.29 is 0 Å². The van der Waals surface area contributed by atoms with Gasteiger partial charge in [-0.1, -0.05) is 0 Å². The number of aliphatic imine (C=N–C) groups is 1. The third kappa shape index (κ3) is 2.03. The molecule has 0 aromatic rings. The van der Waals surface area contributed by atoms with Gasteiger partial charge in [0.15, 0.2) is 5.96 Å². The summed E-state index contributed by atoms with van der Waals surface area (Å²) < 4.78 is 0. The van der Waals surface area contributed by atoms with E-state index in [2.05, 4.69) is 33.8 Å². The van der Waals surface area contributed by atoms with Crippen molar-refractivity contribution >= 4 is 5.96 Å². The summed E-state index contributed by atoms with van der Waals surface area (Å²) in [6.45, 7) is 5.78. The summed E-state index contributed by atoms with van der Waals surface area (Å²) in [4.78, 5) is 12.1. The van der Waals surface area contributed by atoms with E-state index in [-0.39, 0.29) is 0 Å². The number of rotatable bonds is 0. The Kier molecular flexibility index (Phi) is 2.99. The Labute approximate surface area is 104 Å². The maximum atomic E-state index is 4.65. The number of hydrogen-bond acceptors (Lipinski definition) is 4. The lowest BCUT2D eigenvalue weighted by atomic mass is 9.84. The summed E-state index contributed by atoms with van der Waals surface area (Å²) >= 11 is 0. The second-order valence-electron chi connectivity index (χ2n) is 5.79. The van der Waals surface area contributed by atoms with Gasteiger partial charge < -0.3 is 14.7 Å². The first-order chi connectivity index (χ1) is 8.25. The van der Waals surface area contributed by atoms with E-state index in [1.54, 1.807) is 0 Å². The second-order valence-corrected chi connectivity index (χ2v) is 5.79. The number of piperidine rings is 2. The molecule has 3 aliphatic rings. The van der Waals surface area contributed by atoms with Gasteiger partial charge in [0.25, 0.3) is 0 Å². The average molecular weight is 236 g/mol. The van der Waals surface area contributed by atoms with Crippen LogP contribution in [0.4, 0.5) is 0 Å². The zero-order valence-corrected chi connectivity index (χ0v) is 11.1. The summed E-state index contributed by atoms with van der Waals surface area (Å²) in [5, 5.41) is 0. The molecule has 0 N–H and O–H groups in total. The van der Waals surface area contributed by atoms with Gasteiger partial charge in [-0.15, -0.1) is 0 Å². The summed E-state index contributed by atoms with van der Waals surface area (Å²) in [5.74, 6) is 2.11.